The molecule has 0 aromatic heterocycles. The Morgan fingerprint density at radius 1 is 0.840 bits per heavy atom. The molecule has 1 unspecified atom stereocenters. The minimum absolute atomic E-state index is 0.388. The molecule has 0 aliphatic carbocycles. The standard InChI is InChI=1S/C21H36O4/c1-5-8-9-10-11-15-18-20(22,19-16-13-12-14-17-19)21(23-4,24-6-2)25-7-3/h12-14,16-17,22H,5-11,15,18H2,1-4H3. The second kappa shape index (κ2) is 11.6. The average molecular weight is 353 g/mol. The third-order valence-corrected chi connectivity index (χ3v) is 4.59. The average Bonchev–Trinajstić information content (AvgIpc) is 2.64. The van der Waals surface area contributed by atoms with Crippen LogP contribution in [0.15, 0.2) is 30.3 Å². The molecule has 144 valence electrons. The van der Waals surface area contributed by atoms with Gasteiger partial charge in [-0.15, -0.1) is 0 Å². The number of unbranched alkanes of at least 4 members (excludes halogenated alkanes) is 5. The van der Waals surface area contributed by atoms with Gasteiger partial charge in [0.2, 0.25) is 0 Å². The predicted octanol–water partition coefficient (Wildman–Crippen LogP) is 5.00. The van der Waals surface area contributed by atoms with Crippen molar-refractivity contribution in [2.75, 3.05) is 20.3 Å². The van der Waals surface area contributed by atoms with E-state index in [9.17, 15) is 5.11 Å². The van der Waals surface area contributed by atoms with Gasteiger partial charge in [0.15, 0.2) is 5.60 Å². The predicted molar refractivity (Wildman–Crippen MR) is 101 cm³/mol. The number of hydrogen-bond acceptors (Lipinski definition) is 4. The summed E-state index contributed by atoms with van der Waals surface area (Å²) in [6.07, 6.45) is 7.41. The van der Waals surface area contributed by atoms with E-state index in [0.29, 0.717) is 19.6 Å². The number of benzene rings is 1. The summed E-state index contributed by atoms with van der Waals surface area (Å²) in [6, 6.07) is 9.58. The first-order chi connectivity index (χ1) is 12.1. The van der Waals surface area contributed by atoms with Crippen LogP contribution in [-0.4, -0.2) is 31.4 Å². The molecular weight excluding hydrogens is 316 g/mol. The fourth-order valence-corrected chi connectivity index (χ4v) is 3.30. The summed E-state index contributed by atoms with van der Waals surface area (Å²) < 4.78 is 17.3. The number of hydrogen-bond donors (Lipinski definition) is 1. The zero-order chi connectivity index (χ0) is 18.6. The monoisotopic (exact) mass is 352 g/mol. The van der Waals surface area contributed by atoms with Crippen LogP contribution in [0, 0.1) is 0 Å². The molecule has 4 heteroatoms. The lowest BCUT2D eigenvalue weighted by Gasteiger charge is -2.44. The van der Waals surface area contributed by atoms with Gasteiger partial charge in [0, 0.05) is 20.3 Å². The first kappa shape index (κ1) is 22.1. The fourth-order valence-electron chi connectivity index (χ4n) is 3.30. The molecule has 1 N–H and O–H groups in total. The molecule has 0 radical (unpaired) electrons. The van der Waals surface area contributed by atoms with Gasteiger partial charge in [-0.05, 0) is 32.3 Å². The van der Waals surface area contributed by atoms with Crippen LogP contribution in [-0.2, 0) is 19.8 Å². The first-order valence-electron chi connectivity index (χ1n) is 9.71. The van der Waals surface area contributed by atoms with E-state index in [1.807, 2.05) is 44.2 Å². The van der Waals surface area contributed by atoms with Crippen LogP contribution in [0.4, 0.5) is 0 Å². The summed E-state index contributed by atoms with van der Waals surface area (Å²) in [5.74, 6) is -1.50. The Balaban J connectivity index is 3.01. The van der Waals surface area contributed by atoms with Crippen LogP contribution in [0.2, 0.25) is 0 Å². The minimum Gasteiger partial charge on any atom is -0.377 e. The van der Waals surface area contributed by atoms with E-state index in [4.69, 9.17) is 14.2 Å². The van der Waals surface area contributed by atoms with Gasteiger partial charge in [0.25, 0.3) is 0 Å². The van der Waals surface area contributed by atoms with Gasteiger partial charge >= 0.3 is 5.97 Å². The van der Waals surface area contributed by atoms with Gasteiger partial charge in [-0.25, -0.2) is 0 Å². The van der Waals surface area contributed by atoms with Crippen molar-refractivity contribution in [3.05, 3.63) is 35.9 Å². The van der Waals surface area contributed by atoms with Crippen LogP contribution in [0.25, 0.3) is 0 Å². The number of rotatable bonds is 14. The maximum atomic E-state index is 11.7. The number of methoxy groups -OCH3 is 1. The molecule has 1 aromatic carbocycles. The maximum Gasteiger partial charge on any atom is 0.317 e. The Hall–Kier alpha value is -0.940. The van der Waals surface area contributed by atoms with Crippen LogP contribution in [0.1, 0.15) is 71.3 Å². The van der Waals surface area contributed by atoms with E-state index in [-0.39, 0.29) is 0 Å². The van der Waals surface area contributed by atoms with E-state index in [2.05, 4.69) is 6.92 Å². The first-order valence-corrected chi connectivity index (χ1v) is 9.71. The van der Waals surface area contributed by atoms with Gasteiger partial charge in [0.1, 0.15) is 0 Å². The largest absolute Gasteiger partial charge is 0.377 e. The van der Waals surface area contributed by atoms with E-state index in [1.54, 1.807) is 0 Å². The minimum atomic E-state index is -1.50. The Kier molecular flexibility index (Phi) is 10.3. The molecule has 25 heavy (non-hydrogen) atoms. The topological polar surface area (TPSA) is 47.9 Å². The molecule has 0 aliphatic rings. The molecule has 0 heterocycles. The molecule has 0 spiro atoms. The second-order valence-electron chi connectivity index (χ2n) is 6.37. The lowest BCUT2D eigenvalue weighted by Crippen LogP contribution is -2.57. The van der Waals surface area contributed by atoms with Crippen molar-refractivity contribution in [3.8, 4) is 0 Å². The molecule has 0 aliphatic heterocycles. The summed E-state index contributed by atoms with van der Waals surface area (Å²) in [4.78, 5) is 0. The van der Waals surface area contributed by atoms with E-state index < -0.39 is 11.6 Å². The number of ether oxygens (including phenoxy) is 3. The third kappa shape index (κ3) is 5.78. The molecule has 0 bridgehead atoms. The van der Waals surface area contributed by atoms with E-state index >= 15 is 0 Å². The van der Waals surface area contributed by atoms with Crippen molar-refractivity contribution in [2.24, 2.45) is 0 Å². The van der Waals surface area contributed by atoms with Crippen molar-refractivity contribution in [1.29, 1.82) is 0 Å². The molecule has 1 aromatic rings. The molecule has 1 atom stereocenters. The Labute approximate surface area is 153 Å². The van der Waals surface area contributed by atoms with Crippen molar-refractivity contribution >= 4 is 0 Å². The lowest BCUT2D eigenvalue weighted by molar-refractivity contribution is -0.439. The van der Waals surface area contributed by atoms with Gasteiger partial charge in [-0.2, -0.15) is 0 Å². The van der Waals surface area contributed by atoms with Gasteiger partial charge in [-0.3, -0.25) is 0 Å². The highest BCUT2D eigenvalue weighted by molar-refractivity contribution is 5.24. The SMILES string of the molecule is CCCCCCCCC(O)(c1ccccc1)C(OC)(OCC)OCC. The molecule has 4 nitrogen and oxygen atoms in total. The van der Waals surface area contributed by atoms with Crippen molar-refractivity contribution in [1.82, 2.24) is 0 Å². The van der Waals surface area contributed by atoms with Crippen molar-refractivity contribution in [2.45, 2.75) is 77.3 Å². The summed E-state index contributed by atoms with van der Waals surface area (Å²) in [6.45, 7) is 6.75. The zero-order valence-corrected chi connectivity index (χ0v) is 16.4. The highest BCUT2D eigenvalue weighted by Crippen LogP contribution is 2.42. The maximum absolute atomic E-state index is 11.7. The molecule has 0 saturated carbocycles. The summed E-state index contributed by atoms with van der Waals surface area (Å²) in [5.41, 5.74) is -0.605. The Morgan fingerprint density at radius 3 is 1.92 bits per heavy atom. The lowest BCUT2D eigenvalue weighted by atomic mass is 9.85. The smallest absolute Gasteiger partial charge is 0.317 e. The Morgan fingerprint density at radius 2 is 1.40 bits per heavy atom. The molecule has 0 saturated heterocycles. The Bertz CT molecular complexity index is 442. The summed E-state index contributed by atoms with van der Waals surface area (Å²) >= 11 is 0. The van der Waals surface area contributed by atoms with Gasteiger partial charge in [-0.1, -0.05) is 69.4 Å². The van der Waals surface area contributed by atoms with E-state index in [0.717, 1.165) is 18.4 Å². The molecular formula is C21H36O4. The molecule has 0 fully saturated rings. The summed E-state index contributed by atoms with van der Waals surface area (Å²) in [7, 11) is 1.53. The van der Waals surface area contributed by atoms with Crippen molar-refractivity contribution < 1.29 is 19.3 Å². The molecule has 1 rings (SSSR count). The van der Waals surface area contributed by atoms with Crippen molar-refractivity contribution in [3.63, 3.8) is 0 Å². The molecule has 0 amide bonds. The van der Waals surface area contributed by atoms with Crippen LogP contribution in [0.3, 0.4) is 0 Å². The van der Waals surface area contributed by atoms with Gasteiger partial charge in [0.05, 0.1) is 0 Å². The third-order valence-electron chi connectivity index (χ3n) is 4.59. The van der Waals surface area contributed by atoms with Crippen LogP contribution in [0.5, 0.6) is 0 Å². The van der Waals surface area contributed by atoms with Crippen LogP contribution >= 0.6 is 0 Å². The number of aliphatic hydroxyl groups is 1. The fraction of sp³-hybridized carbons (Fsp3) is 0.714. The highest BCUT2D eigenvalue weighted by Gasteiger charge is 2.54. The normalized spacial score (nSPS) is 14.4. The van der Waals surface area contributed by atoms with E-state index in [1.165, 1.54) is 32.8 Å². The van der Waals surface area contributed by atoms with Crippen LogP contribution < -0.4 is 0 Å². The highest BCUT2D eigenvalue weighted by atomic mass is 16.9. The van der Waals surface area contributed by atoms with Gasteiger partial charge < -0.3 is 19.3 Å². The zero-order valence-electron chi connectivity index (χ0n) is 16.4. The quantitative estimate of drug-likeness (QED) is 0.378. The summed E-state index contributed by atoms with van der Waals surface area (Å²) in [5, 5.41) is 11.7. The second-order valence-corrected chi connectivity index (χ2v) is 6.37.